The lowest BCUT2D eigenvalue weighted by atomic mass is 10.1. The van der Waals surface area contributed by atoms with Gasteiger partial charge in [-0.15, -0.1) is 0 Å². The Kier molecular flexibility index (Phi) is 3.93. The van der Waals surface area contributed by atoms with Gasteiger partial charge in [-0.05, 0) is 23.8 Å². The molecule has 0 unspecified atom stereocenters. The number of hydrogen-bond acceptors (Lipinski definition) is 5. The fraction of sp³-hybridized carbons (Fsp3) is 0.167. The van der Waals surface area contributed by atoms with Gasteiger partial charge in [0.15, 0.2) is 11.5 Å². The van der Waals surface area contributed by atoms with Crippen molar-refractivity contribution in [1.29, 1.82) is 0 Å². The number of benzene rings is 2. The molecule has 0 aliphatic rings. The molecule has 0 atom stereocenters. The van der Waals surface area contributed by atoms with Crippen LogP contribution >= 0.6 is 0 Å². The first-order valence-electron chi connectivity index (χ1n) is 7.00. The summed E-state index contributed by atoms with van der Waals surface area (Å²) in [5, 5.41) is 0.433. The summed E-state index contributed by atoms with van der Waals surface area (Å²) >= 11 is 0. The Balaban J connectivity index is 2.24. The lowest BCUT2D eigenvalue weighted by molar-refractivity contribution is 0.355. The number of fused-ring (bicyclic) bond motifs is 1. The van der Waals surface area contributed by atoms with Crippen LogP contribution in [-0.2, 0) is 0 Å². The molecule has 0 bridgehead atoms. The standard InChI is InChI=1S/C18H16O5/c1-20-12-6-4-5-11(7-12)14-10-23-15-9-17(22-3)16(21-2)8-13(15)18(14)19/h4-10H,1-3H3. The Hall–Kier alpha value is -2.95. The molecule has 1 aromatic heterocycles. The van der Waals surface area contributed by atoms with Gasteiger partial charge in [-0.2, -0.15) is 0 Å². The van der Waals surface area contributed by atoms with Gasteiger partial charge >= 0.3 is 0 Å². The average Bonchev–Trinajstić information content (AvgIpc) is 2.61. The largest absolute Gasteiger partial charge is 0.497 e. The molecule has 3 aromatic rings. The van der Waals surface area contributed by atoms with Gasteiger partial charge in [0.25, 0.3) is 0 Å². The summed E-state index contributed by atoms with van der Waals surface area (Å²) in [4.78, 5) is 12.8. The molecular formula is C18H16O5. The smallest absolute Gasteiger partial charge is 0.200 e. The van der Waals surface area contributed by atoms with Gasteiger partial charge in [0, 0.05) is 6.07 Å². The highest BCUT2D eigenvalue weighted by atomic mass is 16.5. The Morgan fingerprint density at radius 2 is 1.65 bits per heavy atom. The third-order valence-electron chi connectivity index (χ3n) is 3.66. The first-order valence-corrected chi connectivity index (χ1v) is 7.00. The topological polar surface area (TPSA) is 57.9 Å². The summed E-state index contributed by atoms with van der Waals surface area (Å²) < 4.78 is 21.3. The summed E-state index contributed by atoms with van der Waals surface area (Å²) in [6.45, 7) is 0. The van der Waals surface area contributed by atoms with Gasteiger partial charge < -0.3 is 18.6 Å². The quantitative estimate of drug-likeness (QED) is 0.738. The molecule has 2 aromatic carbocycles. The maximum Gasteiger partial charge on any atom is 0.200 e. The van der Waals surface area contributed by atoms with E-state index in [1.165, 1.54) is 20.5 Å². The van der Waals surface area contributed by atoms with E-state index in [1.807, 2.05) is 18.2 Å². The van der Waals surface area contributed by atoms with Gasteiger partial charge in [0.2, 0.25) is 5.43 Å². The van der Waals surface area contributed by atoms with Gasteiger partial charge in [0.1, 0.15) is 17.6 Å². The highest BCUT2D eigenvalue weighted by Crippen LogP contribution is 2.32. The third-order valence-corrected chi connectivity index (χ3v) is 3.66. The van der Waals surface area contributed by atoms with E-state index in [4.69, 9.17) is 18.6 Å². The monoisotopic (exact) mass is 312 g/mol. The summed E-state index contributed by atoms with van der Waals surface area (Å²) in [5.74, 6) is 1.67. The van der Waals surface area contributed by atoms with E-state index in [-0.39, 0.29) is 5.43 Å². The molecule has 118 valence electrons. The molecule has 0 N–H and O–H groups in total. The molecule has 1 heterocycles. The van der Waals surface area contributed by atoms with Crippen LogP contribution in [0.25, 0.3) is 22.1 Å². The molecule has 0 amide bonds. The maximum absolute atomic E-state index is 12.8. The predicted octanol–water partition coefficient (Wildman–Crippen LogP) is 3.49. The molecule has 0 spiro atoms. The van der Waals surface area contributed by atoms with Gasteiger partial charge in [-0.3, -0.25) is 4.79 Å². The summed E-state index contributed by atoms with van der Waals surface area (Å²) in [5.41, 5.74) is 1.50. The number of hydrogen-bond donors (Lipinski definition) is 0. The van der Waals surface area contributed by atoms with Crippen molar-refractivity contribution in [1.82, 2.24) is 0 Å². The SMILES string of the molecule is COc1cccc(-c2coc3cc(OC)c(OC)cc3c2=O)c1. The van der Waals surface area contributed by atoms with Gasteiger partial charge in [-0.1, -0.05) is 12.1 Å². The van der Waals surface area contributed by atoms with Crippen molar-refractivity contribution >= 4 is 11.0 Å². The van der Waals surface area contributed by atoms with Crippen LogP contribution in [0.15, 0.2) is 51.9 Å². The molecule has 0 aliphatic heterocycles. The van der Waals surface area contributed by atoms with Crippen molar-refractivity contribution in [2.75, 3.05) is 21.3 Å². The molecular weight excluding hydrogens is 296 g/mol. The van der Waals surface area contributed by atoms with Crippen molar-refractivity contribution in [2.24, 2.45) is 0 Å². The van der Waals surface area contributed by atoms with E-state index in [2.05, 4.69) is 0 Å². The highest BCUT2D eigenvalue weighted by molar-refractivity contribution is 5.84. The predicted molar refractivity (Wildman–Crippen MR) is 87.6 cm³/mol. The lowest BCUT2D eigenvalue weighted by Crippen LogP contribution is -2.05. The van der Waals surface area contributed by atoms with Gasteiger partial charge in [0.05, 0.1) is 32.3 Å². The summed E-state index contributed by atoms with van der Waals surface area (Å²) in [7, 11) is 4.64. The van der Waals surface area contributed by atoms with Crippen LogP contribution in [0.4, 0.5) is 0 Å². The number of methoxy groups -OCH3 is 3. The zero-order valence-corrected chi connectivity index (χ0v) is 13.1. The molecule has 0 radical (unpaired) electrons. The fourth-order valence-corrected chi connectivity index (χ4v) is 2.45. The third kappa shape index (κ3) is 2.61. The summed E-state index contributed by atoms with van der Waals surface area (Å²) in [6, 6.07) is 10.5. The van der Waals surface area contributed by atoms with E-state index in [9.17, 15) is 4.79 Å². The summed E-state index contributed by atoms with van der Waals surface area (Å²) in [6.07, 6.45) is 1.45. The van der Waals surface area contributed by atoms with E-state index in [1.54, 1.807) is 25.3 Å². The molecule has 23 heavy (non-hydrogen) atoms. The first kappa shape index (κ1) is 15.0. The van der Waals surface area contributed by atoms with E-state index in [0.717, 1.165) is 5.56 Å². The molecule has 5 heteroatoms. The zero-order chi connectivity index (χ0) is 16.4. The van der Waals surface area contributed by atoms with Crippen molar-refractivity contribution in [3.05, 3.63) is 52.9 Å². The number of rotatable bonds is 4. The first-order chi connectivity index (χ1) is 11.2. The Labute approximate surface area is 133 Å². The second-order valence-electron chi connectivity index (χ2n) is 4.91. The number of ether oxygens (including phenoxy) is 3. The Morgan fingerprint density at radius 1 is 0.913 bits per heavy atom. The molecule has 0 fully saturated rings. The molecule has 3 rings (SSSR count). The van der Waals surface area contributed by atoms with E-state index >= 15 is 0 Å². The molecule has 5 nitrogen and oxygen atoms in total. The van der Waals surface area contributed by atoms with Crippen molar-refractivity contribution in [3.63, 3.8) is 0 Å². The van der Waals surface area contributed by atoms with Crippen molar-refractivity contribution < 1.29 is 18.6 Å². The Morgan fingerprint density at radius 3 is 2.35 bits per heavy atom. The van der Waals surface area contributed by atoms with Crippen LogP contribution in [0.2, 0.25) is 0 Å². The van der Waals surface area contributed by atoms with Crippen LogP contribution in [0.1, 0.15) is 0 Å². The van der Waals surface area contributed by atoms with E-state index < -0.39 is 0 Å². The molecule has 0 saturated carbocycles. The zero-order valence-electron chi connectivity index (χ0n) is 13.1. The minimum Gasteiger partial charge on any atom is -0.497 e. The Bertz CT molecular complexity index is 911. The highest BCUT2D eigenvalue weighted by Gasteiger charge is 2.14. The maximum atomic E-state index is 12.8. The fourth-order valence-electron chi connectivity index (χ4n) is 2.45. The van der Waals surface area contributed by atoms with Crippen molar-refractivity contribution in [3.8, 4) is 28.4 Å². The average molecular weight is 312 g/mol. The van der Waals surface area contributed by atoms with Crippen LogP contribution in [0.3, 0.4) is 0 Å². The van der Waals surface area contributed by atoms with E-state index in [0.29, 0.717) is 33.8 Å². The molecule has 0 saturated heterocycles. The lowest BCUT2D eigenvalue weighted by Gasteiger charge is -2.09. The minimum absolute atomic E-state index is 0.138. The van der Waals surface area contributed by atoms with Crippen LogP contribution in [-0.4, -0.2) is 21.3 Å². The second-order valence-corrected chi connectivity index (χ2v) is 4.91. The van der Waals surface area contributed by atoms with Crippen LogP contribution in [0, 0.1) is 0 Å². The molecule has 0 aliphatic carbocycles. The van der Waals surface area contributed by atoms with Crippen molar-refractivity contribution in [2.45, 2.75) is 0 Å². The second kappa shape index (κ2) is 6.04. The minimum atomic E-state index is -0.138. The van der Waals surface area contributed by atoms with Gasteiger partial charge in [-0.25, -0.2) is 0 Å². The van der Waals surface area contributed by atoms with Crippen LogP contribution < -0.4 is 19.6 Å². The normalized spacial score (nSPS) is 10.6. The van der Waals surface area contributed by atoms with Crippen LogP contribution in [0.5, 0.6) is 17.2 Å².